The first-order valence-electron chi connectivity index (χ1n) is 5.59. The Balaban J connectivity index is 2.49. The van der Waals surface area contributed by atoms with Gasteiger partial charge in [0.15, 0.2) is 5.78 Å². The average Bonchev–Trinajstić information content (AvgIpc) is 2.36. The van der Waals surface area contributed by atoms with Gasteiger partial charge >= 0.3 is 0 Å². The average molecular weight is 260 g/mol. The van der Waals surface area contributed by atoms with Crippen molar-refractivity contribution in [3.05, 3.63) is 59.7 Å². The Morgan fingerprint density at radius 1 is 0.895 bits per heavy atom. The number of hydrogen-bond acceptors (Lipinski definition) is 2. The fourth-order valence-corrected chi connectivity index (χ4v) is 1.76. The molecule has 0 spiro atoms. The monoisotopic (exact) mass is 260 g/mol. The van der Waals surface area contributed by atoms with Gasteiger partial charge in [0.05, 0.1) is 0 Å². The van der Waals surface area contributed by atoms with Crippen LogP contribution in [0.15, 0.2) is 42.5 Å². The Morgan fingerprint density at radius 2 is 1.53 bits per heavy atom. The van der Waals surface area contributed by atoms with E-state index in [1.165, 1.54) is 31.2 Å². The quantitative estimate of drug-likeness (QED) is 0.626. The molecule has 0 radical (unpaired) electrons. The van der Waals surface area contributed by atoms with E-state index in [9.17, 15) is 18.4 Å². The van der Waals surface area contributed by atoms with Crippen molar-refractivity contribution >= 4 is 11.6 Å². The van der Waals surface area contributed by atoms with Gasteiger partial charge in [-0.3, -0.25) is 9.59 Å². The molecule has 0 aliphatic rings. The van der Waals surface area contributed by atoms with Crippen molar-refractivity contribution in [3.63, 3.8) is 0 Å². The highest BCUT2D eigenvalue weighted by Gasteiger charge is 2.12. The summed E-state index contributed by atoms with van der Waals surface area (Å²) in [6.45, 7) is 1.18. The predicted molar refractivity (Wildman–Crippen MR) is 66.8 cm³/mol. The van der Waals surface area contributed by atoms with Crippen molar-refractivity contribution in [1.82, 2.24) is 0 Å². The van der Waals surface area contributed by atoms with Crippen molar-refractivity contribution in [2.75, 3.05) is 0 Å². The minimum Gasteiger partial charge on any atom is -0.291 e. The highest BCUT2D eigenvalue weighted by Crippen LogP contribution is 2.23. The normalized spacial score (nSPS) is 10.3. The van der Waals surface area contributed by atoms with E-state index in [4.69, 9.17) is 0 Å². The van der Waals surface area contributed by atoms with Gasteiger partial charge in [0.2, 0.25) is 5.78 Å². The van der Waals surface area contributed by atoms with E-state index in [1.807, 2.05) is 0 Å². The van der Waals surface area contributed by atoms with Gasteiger partial charge in [-0.25, -0.2) is 8.78 Å². The Hall–Kier alpha value is -2.36. The molecule has 0 aromatic heterocycles. The third-order valence-corrected chi connectivity index (χ3v) is 2.64. The zero-order chi connectivity index (χ0) is 14.0. The smallest absolute Gasteiger partial charge is 0.228 e. The summed E-state index contributed by atoms with van der Waals surface area (Å²) in [4.78, 5) is 22.6. The van der Waals surface area contributed by atoms with Crippen LogP contribution in [-0.2, 0) is 4.79 Å². The van der Waals surface area contributed by atoms with E-state index in [2.05, 4.69) is 0 Å². The van der Waals surface area contributed by atoms with Gasteiger partial charge in [-0.2, -0.15) is 0 Å². The first-order valence-corrected chi connectivity index (χ1v) is 5.59. The number of carbonyl (C=O) groups excluding carboxylic acids is 2. The molecule has 96 valence electrons. The van der Waals surface area contributed by atoms with Crippen LogP contribution in [0, 0.1) is 11.6 Å². The molecule has 0 amide bonds. The molecule has 2 aromatic rings. The maximum atomic E-state index is 13.1. The Morgan fingerprint density at radius 3 is 2.11 bits per heavy atom. The number of ketones is 2. The highest BCUT2D eigenvalue weighted by atomic mass is 19.1. The van der Waals surface area contributed by atoms with Crippen LogP contribution in [0.1, 0.15) is 17.3 Å². The number of halogens is 2. The van der Waals surface area contributed by atoms with E-state index in [0.29, 0.717) is 11.1 Å². The van der Waals surface area contributed by atoms with Crippen molar-refractivity contribution in [1.29, 1.82) is 0 Å². The third kappa shape index (κ3) is 2.91. The van der Waals surface area contributed by atoms with Crippen molar-refractivity contribution in [3.8, 4) is 11.1 Å². The second kappa shape index (κ2) is 5.10. The standard InChI is InChI=1S/C15H10F2O2/c1-9(18)15(19)11-4-2-3-10(5-11)12-6-13(16)8-14(17)7-12/h2-8H,1H3. The Bertz CT molecular complexity index is 643. The van der Waals surface area contributed by atoms with Gasteiger partial charge in [0, 0.05) is 18.6 Å². The highest BCUT2D eigenvalue weighted by molar-refractivity contribution is 6.43. The fourth-order valence-electron chi connectivity index (χ4n) is 1.76. The van der Waals surface area contributed by atoms with E-state index in [0.717, 1.165) is 6.07 Å². The number of carbonyl (C=O) groups is 2. The first-order chi connectivity index (χ1) is 8.97. The van der Waals surface area contributed by atoms with Crippen LogP contribution in [-0.4, -0.2) is 11.6 Å². The van der Waals surface area contributed by atoms with Crippen molar-refractivity contribution < 1.29 is 18.4 Å². The minimum atomic E-state index is -0.696. The molecule has 0 saturated heterocycles. The third-order valence-electron chi connectivity index (χ3n) is 2.64. The summed E-state index contributed by atoms with van der Waals surface area (Å²) in [5.41, 5.74) is 0.996. The topological polar surface area (TPSA) is 34.1 Å². The van der Waals surface area contributed by atoms with Gasteiger partial charge < -0.3 is 0 Å². The molecule has 4 heteroatoms. The molecule has 0 saturated carbocycles. The number of rotatable bonds is 3. The van der Waals surface area contributed by atoms with E-state index < -0.39 is 23.2 Å². The lowest BCUT2D eigenvalue weighted by atomic mass is 10.00. The summed E-state index contributed by atoms with van der Waals surface area (Å²) < 4.78 is 26.3. The molecular formula is C15H10F2O2. The van der Waals surface area contributed by atoms with Gasteiger partial charge in [-0.15, -0.1) is 0 Å². The largest absolute Gasteiger partial charge is 0.291 e. The summed E-state index contributed by atoms with van der Waals surface area (Å²) in [5.74, 6) is -2.60. The maximum absolute atomic E-state index is 13.1. The summed E-state index contributed by atoms with van der Waals surface area (Å²) in [6.07, 6.45) is 0. The maximum Gasteiger partial charge on any atom is 0.228 e. The van der Waals surface area contributed by atoms with Crippen LogP contribution in [0.25, 0.3) is 11.1 Å². The van der Waals surface area contributed by atoms with Crippen molar-refractivity contribution in [2.45, 2.75) is 6.92 Å². The molecule has 19 heavy (non-hydrogen) atoms. The molecule has 0 bridgehead atoms. The Labute approximate surface area is 108 Å². The van der Waals surface area contributed by atoms with Gasteiger partial charge in [-0.05, 0) is 29.3 Å². The molecular weight excluding hydrogens is 250 g/mol. The zero-order valence-corrected chi connectivity index (χ0v) is 10.1. The minimum absolute atomic E-state index is 0.203. The molecule has 0 unspecified atom stereocenters. The van der Waals surface area contributed by atoms with Crippen LogP contribution in [0.3, 0.4) is 0 Å². The van der Waals surface area contributed by atoms with E-state index in [-0.39, 0.29) is 5.56 Å². The number of hydrogen-bond donors (Lipinski definition) is 0. The van der Waals surface area contributed by atoms with Gasteiger partial charge in [0.25, 0.3) is 0 Å². The van der Waals surface area contributed by atoms with Crippen LogP contribution in [0.5, 0.6) is 0 Å². The predicted octanol–water partition coefficient (Wildman–Crippen LogP) is 3.40. The SMILES string of the molecule is CC(=O)C(=O)c1cccc(-c2cc(F)cc(F)c2)c1. The lowest BCUT2D eigenvalue weighted by Gasteiger charge is -2.04. The van der Waals surface area contributed by atoms with Crippen molar-refractivity contribution in [2.24, 2.45) is 0 Å². The summed E-state index contributed by atoms with van der Waals surface area (Å²) in [7, 11) is 0. The molecule has 0 heterocycles. The zero-order valence-electron chi connectivity index (χ0n) is 10.1. The van der Waals surface area contributed by atoms with Gasteiger partial charge in [-0.1, -0.05) is 18.2 Å². The summed E-state index contributed by atoms with van der Waals surface area (Å²) in [6, 6.07) is 9.22. The molecule has 2 nitrogen and oxygen atoms in total. The molecule has 0 N–H and O–H groups in total. The van der Waals surface area contributed by atoms with Crippen LogP contribution < -0.4 is 0 Å². The van der Waals surface area contributed by atoms with E-state index in [1.54, 1.807) is 12.1 Å². The lowest BCUT2D eigenvalue weighted by Crippen LogP contribution is -2.09. The summed E-state index contributed by atoms with van der Waals surface area (Å²) in [5, 5.41) is 0. The Kier molecular flexibility index (Phi) is 3.51. The molecule has 0 fully saturated rings. The lowest BCUT2D eigenvalue weighted by molar-refractivity contribution is -0.113. The summed E-state index contributed by atoms with van der Waals surface area (Å²) >= 11 is 0. The van der Waals surface area contributed by atoms with Crippen LogP contribution >= 0.6 is 0 Å². The van der Waals surface area contributed by atoms with Crippen LogP contribution in [0.4, 0.5) is 8.78 Å². The van der Waals surface area contributed by atoms with Crippen LogP contribution in [0.2, 0.25) is 0 Å². The number of benzene rings is 2. The molecule has 0 aliphatic carbocycles. The second-order valence-electron chi connectivity index (χ2n) is 4.12. The second-order valence-corrected chi connectivity index (χ2v) is 4.12. The van der Waals surface area contributed by atoms with E-state index >= 15 is 0 Å². The molecule has 0 aliphatic heterocycles. The number of Topliss-reactive ketones (excluding diaryl/α,β-unsaturated/α-hetero) is 2. The molecule has 0 atom stereocenters. The fraction of sp³-hybridized carbons (Fsp3) is 0.0667. The first kappa shape index (κ1) is 13.1. The molecule has 2 rings (SSSR count). The van der Waals surface area contributed by atoms with Gasteiger partial charge in [0.1, 0.15) is 11.6 Å². The molecule has 2 aromatic carbocycles.